The first-order valence-electron chi connectivity index (χ1n) is 8.13. The summed E-state index contributed by atoms with van der Waals surface area (Å²) < 4.78 is 17.7. The quantitative estimate of drug-likeness (QED) is 0.621. The van der Waals surface area contributed by atoms with Gasteiger partial charge in [0.25, 0.3) is 0 Å². The van der Waals surface area contributed by atoms with Crippen LogP contribution in [0.3, 0.4) is 0 Å². The molecule has 130 valence electrons. The third-order valence-electron chi connectivity index (χ3n) is 3.82. The van der Waals surface area contributed by atoms with Gasteiger partial charge < -0.3 is 19.2 Å². The summed E-state index contributed by atoms with van der Waals surface area (Å²) in [5.74, 6) is 2.42. The Morgan fingerprint density at radius 3 is 2.56 bits per heavy atom. The van der Waals surface area contributed by atoms with Crippen molar-refractivity contribution in [3.8, 4) is 11.5 Å². The molecule has 0 fully saturated rings. The third-order valence-corrected chi connectivity index (χ3v) is 4.41. The van der Waals surface area contributed by atoms with Crippen molar-refractivity contribution in [2.24, 2.45) is 0 Å². The fraction of sp³-hybridized carbons (Fsp3) is 0.200. The maximum Gasteiger partial charge on any atom is 0.175 e. The van der Waals surface area contributed by atoms with Gasteiger partial charge in [-0.05, 0) is 45.8 Å². The van der Waals surface area contributed by atoms with E-state index >= 15 is 0 Å². The van der Waals surface area contributed by atoms with E-state index in [1.165, 1.54) is 0 Å². The van der Waals surface area contributed by atoms with E-state index < -0.39 is 0 Å². The van der Waals surface area contributed by atoms with Crippen LogP contribution in [0.1, 0.15) is 16.9 Å². The molecule has 1 heterocycles. The molecule has 0 saturated heterocycles. The molecular formula is C20H21BrNO3+. The number of methoxy groups -OCH3 is 1. The Morgan fingerprint density at radius 2 is 1.84 bits per heavy atom. The highest BCUT2D eigenvalue weighted by Crippen LogP contribution is 2.37. The number of ether oxygens (including phenoxy) is 2. The lowest BCUT2D eigenvalue weighted by Crippen LogP contribution is -2.80. The van der Waals surface area contributed by atoms with Crippen molar-refractivity contribution in [3.63, 3.8) is 0 Å². The van der Waals surface area contributed by atoms with Gasteiger partial charge in [0.1, 0.15) is 19.7 Å². The second-order valence-electron chi connectivity index (χ2n) is 5.66. The minimum Gasteiger partial charge on any atom is -0.493 e. The van der Waals surface area contributed by atoms with Crippen LogP contribution in [0, 0.1) is 0 Å². The van der Waals surface area contributed by atoms with Gasteiger partial charge in [0, 0.05) is 5.56 Å². The van der Waals surface area contributed by atoms with Crippen molar-refractivity contribution in [1.29, 1.82) is 0 Å². The first kappa shape index (κ1) is 17.6. The number of hydrogen-bond acceptors (Lipinski definition) is 3. The number of rotatable bonds is 8. The van der Waals surface area contributed by atoms with E-state index in [-0.39, 0.29) is 0 Å². The molecule has 2 aromatic carbocycles. The molecule has 0 unspecified atom stereocenters. The van der Waals surface area contributed by atoms with E-state index in [2.05, 4.69) is 27.3 Å². The van der Waals surface area contributed by atoms with Crippen LogP contribution in [0.2, 0.25) is 0 Å². The summed E-state index contributed by atoms with van der Waals surface area (Å²) in [5, 5.41) is 2.19. The highest BCUT2D eigenvalue weighted by molar-refractivity contribution is 9.10. The van der Waals surface area contributed by atoms with E-state index in [9.17, 15) is 0 Å². The summed E-state index contributed by atoms with van der Waals surface area (Å²) in [6, 6.07) is 18.1. The van der Waals surface area contributed by atoms with Crippen LogP contribution in [-0.2, 0) is 19.7 Å². The van der Waals surface area contributed by atoms with Crippen LogP contribution in [0.15, 0.2) is 69.8 Å². The lowest BCUT2D eigenvalue weighted by molar-refractivity contribution is -0.688. The summed E-state index contributed by atoms with van der Waals surface area (Å²) in [4.78, 5) is 0. The highest BCUT2D eigenvalue weighted by Gasteiger charge is 2.13. The first-order valence-corrected chi connectivity index (χ1v) is 8.92. The van der Waals surface area contributed by atoms with Crippen molar-refractivity contribution in [2.75, 3.05) is 7.11 Å². The van der Waals surface area contributed by atoms with Crippen LogP contribution in [-0.4, -0.2) is 7.11 Å². The predicted molar refractivity (Wildman–Crippen MR) is 99.5 cm³/mol. The molecule has 1 aromatic heterocycles. The first-order chi connectivity index (χ1) is 12.3. The highest BCUT2D eigenvalue weighted by atomic mass is 79.9. The topological polar surface area (TPSA) is 48.2 Å². The molecule has 3 aromatic rings. The molecule has 0 saturated carbocycles. The van der Waals surface area contributed by atoms with Gasteiger partial charge in [-0.1, -0.05) is 30.3 Å². The molecule has 25 heavy (non-hydrogen) atoms. The zero-order valence-electron chi connectivity index (χ0n) is 14.1. The van der Waals surface area contributed by atoms with Crippen molar-refractivity contribution in [2.45, 2.75) is 19.7 Å². The Labute approximate surface area is 155 Å². The maximum atomic E-state index is 5.97. The Kier molecular flexibility index (Phi) is 6.14. The van der Waals surface area contributed by atoms with Crippen molar-refractivity contribution in [3.05, 3.63) is 82.2 Å². The smallest absolute Gasteiger partial charge is 0.175 e. The van der Waals surface area contributed by atoms with Crippen LogP contribution < -0.4 is 14.8 Å². The molecule has 0 aliphatic rings. The van der Waals surface area contributed by atoms with Gasteiger partial charge in [0.2, 0.25) is 0 Å². The van der Waals surface area contributed by atoms with Gasteiger partial charge in [0.15, 0.2) is 17.3 Å². The SMILES string of the molecule is COc1cc(C[NH2+]Cc2ccco2)cc(Br)c1OCc1ccccc1. The lowest BCUT2D eigenvalue weighted by atomic mass is 10.2. The normalized spacial score (nSPS) is 10.6. The van der Waals surface area contributed by atoms with Gasteiger partial charge in [-0.25, -0.2) is 0 Å². The molecule has 4 nitrogen and oxygen atoms in total. The van der Waals surface area contributed by atoms with Gasteiger partial charge in [-0.2, -0.15) is 0 Å². The predicted octanol–water partition coefficient (Wildman–Crippen LogP) is 3.89. The Morgan fingerprint density at radius 1 is 1.00 bits per heavy atom. The fourth-order valence-electron chi connectivity index (χ4n) is 2.57. The summed E-state index contributed by atoms with van der Waals surface area (Å²) in [6.45, 7) is 2.13. The molecule has 0 aliphatic heterocycles. The van der Waals surface area contributed by atoms with Crippen molar-refractivity contribution >= 4 is 15.9 Å². The monoisotopic (exact) mass is 402 g/mol. The summed E-state index contributed by atoms with van der Waals surface area (Å²) >= 11 is 3.61. The molecule has 0 atom stereocenters. The Balaban J connectivity index is 1.65. The second kappa shape index (κ2) is 8.74. The van der Waals surface area contributed by atoms with E-state index in [1.807, 2.05) is 48.5 Å². The van der Waals surface area contributed by atoms with Gasteiger partial charge in [-0.15, -0.1) is 0 Å². The third kappa shape index (κ3) is 4.87. The van der Waals surface area contributed by atoms with Gasteiger partial charge >= 0.3 is 0 Å². The van der Waals surface area contributed by atoms with Crippen LogP contribution in [0.5, 0.6) is 11.5 Å². The summed E-state index contributed by atoms with van der Waals surface area (Å²) in [7, 11) is 1.66. The molecule has 3 rings (SSSR count). The van der Waals surface area contributed by atoms with E-state index in [1.54, 1.807) is 13.4 Å². The molecule has 0 radical (unpaired) electrons. The number of hydrogen-bond donors (Lipinski definition) is 1. The Bertz CT molecular complexity index is 788. The van der Waals surface area contributed by atoms with E-state index in [0.29, 0.717) is 6.61 Å². The standard InChI is InChI=1S/C20H20BrNO3/c1-23-19-11-16(12-22-13-17-8-5-9-24-17)10-18(21)20(19)25-14-15-6-3-2-4-7-15/h2-11,22H,12-14H2,1H3/p+1. The molecule has 0 amide bonds. The fourth-order valence-corrected chi connectivity index (χ4v) is 3.17. The van der Waals surface area contributed by atoms with Gasteiger partial charge in [0.05, 0.1) is 17.8 Å². The lowest BCUT2D eigenvalue weighted by Gasteiger charge is -2.14. The molecule has 2 N–H and O–H groups in total. The van der Waals surface area contributed by atoms with Crippen molar-refractivity contribution < 1.29 is 19.2 Å². The summed E-state index contributed by atoms with van der Waals surface area (Å²) in [5.41, 5.74) is 2.27. The minimum absolute atomic E-state index is 0.500. The molecule has 0 spiro atoms. The van der Waals surface area contributed by atoms with Gasteiger partial charge in [-0.3, -0.25) is 0 Å². The number of quaternary nitrogens is 1. The number of benzene rings is 2. The number of halogens is 1. The Hall–Kier alpha value is -2.24. The molecule has 0 aliphatic carbocycles. The van der Waals surface area contributed by atoms with E-state index in [0.717, 1.165) is 45.9 Å². The average molecular weight is 403 g/mol. The second-order valence-corrected chi connectivity index (χ2v) is 6.51. The summed E-state index contributed by atoms with van der Waals surface area (Å²) in [6.07, 6.45) is 1.70. The zero-order chi connectivity index (χ0) is 17.5. The molecule has 5 heteroatoms. The van der Waals surface area contributed by atoms with Crippen LogP contribution in [0.25, 0.3) is 0 Å². The number of nitrogens with two attached hydrogens (primary N) is 1. The largest absolute Gasteiger partial charge is 0.493 e. The zero-order valence-corrected chi connectivity index (χ0v) is 15.7. The van der Waals surface area contributed by atoms with E-state index in [4.69, 9.17) is 13.9 Å². The van der Waals surface area contributed by atoms with Crippen molar-refractivity contribution in [1.82, 2.24) is 0 Å². The average Bonchev–Trinajstić information content (AvgIpc) is 3.15. The maximum absolute atomic E-state index is 5.97. The van der Waals surface area contributed by atoms with Crippen LogP contribution >= 0.6 is 15.9 Å². The minimum atomic E-state index is 0.500. The number of furan rings is 1. The molecular weight excluding hydrogens is 382 g/mol. The van der Waals surface area contributed by atoms with Crippen LogP contribution in [0.4, 0.5) is 0 Å². The molecule has 0 bridgehead atoms.